The molecule has 2 aliphatic rings. The molecule has 2 aliphatic heterocycles. The van der Waals surface area contributed by atoms with Crippen LogP contribution in [0.4, 0.5) is 0 Å². The van der Waals surface area contributed by atoms with E-state index in [0.717, 1.165) is 38.1 Å². The summed E-state index contributed by atoms with van der Waals surface area (Å²) in [6, 6.07) is 7.53. The lowest BCUT2D eigenvalue weighted by Gasteiger charge is -2.37. The van der Waals surface area contributed by atoms with Gasteiger partial charge in [0.25, 0.3) is 0 Å². The van der Waals surface area contributed by atoms with Crippen molar-refractivity contribution in [2.24, 2.45) is 11.8 Å². The Balaban J connectivity index is 1.56. The van der Waals surface area contributed by atoms with Crippen LogP contribution in [-0.2, 0) is 20.9 Å². The number of methoxy groups -OCH3 is 1. The zero-order chi connectivity index (χ0) is 18.5. The Morgan fingerprint density at radius 2 is 1.88 bits per heavy atom. The molecule has 0 aromatic heterocycles. The number of carbonyl (C=O) groups excluding carboxylic acids is 2. The van der Waals surface area contributed by atoms with Gasteiger partial charge in [-0.25, -0.2) is 0 Å². The highest BCUT2D eigenvalue weighted by atomic mass is 35.5. The molecule has 3 rings (SSSR count). The lowest BCUT2D eigenvalue weighted by atomic mass is 9.92. The van der Waals surface area contributed by atoms with Gasteiger partial charge in [-0.2, -0.15) is 0 Å². The minimum Gasteiger partial charge on any atom is -0.384 e. The molecule has 1 aromatic carbocycles. The Morgan fingerprint density at radius 1 is 1.19 bits per heavy atom. The molecule has 2 heterocycles. The minimum absolute atomic E-state index is 0.0843. The molecule has 0 saturated carbocycles. The van der Waals surface area contributed by atoms with Crippen LogP contribution >= 0.6 is 11.6 Å². The van der Waals surface area contributed by atoms with Gasteiger partial charge in [0.15, 0.2) is 0 Å². The first-order valence-corrected chi connectivity index (χ1v) is 9.74. The van der Waals surface area contributed by atoms with Crippen molar-refractivity contribution < 1.29 is 14.3 Å². The van der Waals surface area contributed by atoms with Crippen LogP contribution in [0.25, 0.3) is 0 Å². The van der Waals surface area contributed by atoms with Gasteiger partial charge in [-0.15, -0.1) is 0 Å². The zero-order valence-corrected chi connectivity index (χ0v) is 16.1. The number of amides is 2. The molecule has 0 unspecified atom stereocenters. The van der Waals surface area contributed by atoms with E-state index in [9.17, 15) is 9.59 Å². The first kappa shape index (κ1) is 19.2. The number of ether oxygens (including phenoxy) is 1. The topological polar surface area (TPSA) is 49.9 Å². The van der Waals surface area contributed by atoms with Crippen LogP contribution in [0, 0.1) is 11.8 Å². The van der Waals surface area contributed by atoms with Gasteiger partial charge in [0.2, 0.25) is 11.8 Å². The fourth-order valence-electron chi connectivity index (χ4n) is 3.89. The molecular weight excluding hydrogens is 352 g/mol. The van der Waals surface area contributed by atoms with Gasteiger partial charge in [-0.3, -0.25) is 9.59 Å². The van der Waals surface area contributed by atoms with E-state index in [0.29, 0.717) is 36.9 Å². The third-order valence-electron chi connectivity index (χ3n) is 5.46. The lowest BCUT2D eigenvalue weighted by Crippen LogP contribution is -2.48. The number of piperidine rings is 2. The van der Waals surface area contributed by atoms with Crippen molar-refractivity contribution in [1.82, 2.24) is 9.80 Å². The lowest BCUT2D eigenvalue weighted by molar-refractivity contribution is -0.144. The predicted octanol–water partition coefficient (Wildman–Crippen LogP) is 2.96. The Hall–Kier alpha value is -1.59. The number of carbonyl (C=O) groups is 2. The fourth-order valence-corrected chi connectivity index (χ4v) is 4.02. The molecule has 2 amide bonds. The zero-order valence-electron chi connectivity index (χ0n) is 15.3. The molecule has 2 fully saturated rings. The summed E-state index contributed by atoms with van der Waals surface area (Å²) in [5, 5.41) is 0.684. The SMILES string of the molecule is COCC1CCN(C(=O)[C@@H]2CCC(=O)N(Cc3ccc(Cl)cc3)C2)CC1. The second kappa shape index (κ2) is 8.87. The number of likely N-dealkylation sites (tertiary alicyclic amines) is 2. The van der Waals surface area contributed by atoms with Crippen LogP contribution in [-0.4, -0.2) is 55.0 Å². The van der Waals surface area contributed by atoms with Crippen LogP contribution in [0.3, 0.4) is 0 Å². The standard InChI is InChI=1S/C20H27ClN2O3/c1-26-14-16-8-10-22(11-9-16)20(25)17-4-7-19(24)23(13-17)12-15-2-5-18(21)6-3-15/h2-3,5-6,16-17H,4,7-14H2,1H3/t17-/m1/s1. The van der Waals surface area contributed by atoms with Crippen molar-refractivity contribution in [1.29, 1.82) is 0 Å². The Morgan fingerprint density at radius 3 is 2.54 bits per heavy atom. The van der Waals surface area contributed by atoms with Crippen molar-refractivity contribution in [2.75, 3.05) is 33.4 Å². The third-order valence-corrected chi connectivity index (χ3v) is 5.72. The average molecular weight is 379 g/mol. The Kier molecular flexibility index (Phi) is 6.54. The predicted molar refractivity (Wildman–Crippen MR) is 101 cm³/mol. The van der Waals surface area contributed by atoms with Crippen molar-refractivity contribution >= 4 is 23.4 Å². The Bertz CT molecular complexity index is 626. The number of rotatable bonds is 5. The van der Waals surface area contributed by atoms with Gasteiger partial charge in [-0.1, -0.05) is 23.7 Å². The number of nitrogens with zero attached hydrogens (tertiary/aromatic N) is 2. The van der Waals surface area contributed by atoms with E-state index in [1.807, 2.05) is 34.1 Å². The highest BCUT2D eigenvalue weighted by Gasteiger charge is 2.34. The number of hydrogen-bond donors (Lipinski definition) is 0. The molecule has 0 radical (unpaired) electrons. The van der Waals surface area contributed by atoms with Crippen molar-refractivity contribution in [2.45, 2.75) is 32.2 Å². The number of benzene rings is 1. The van der Waals surface area contributed by atoms with E-state index in [4.69, 9.17) is 16.3 Å². The molecule has 0 N–H and O–H groups in total. The summed E-state index contributed by atoms with van der Waals surface area (Å²) in [6.45, 7) is 3.42. The molecule has 5 nitrogen and oxygen atoms in total. The van der Waals surface area contributed by atoms with Crippen LogP contribution < -0.4 is 0 Å². The summed E-state index contributed by atoms with van der Waals surface area (Å²) in [4.78, 5) is 29.0. The van der Waals surface area contributed by atoms with Crippen LogP contribution in [0.1, 0.15) is 31.2 Å². The van der Waals surface area contributed by atoms with Crippen molar-refractivity contribution in [3.63, 3.8) is 0 Å². The molecule has 2 saturated heterocycles. The molecule has 0 spiro atoms. The smallest absolute Gasteiger partial charge is 0.227 e. The second-order valence-corrected chi connectivity index (χ2v) is 7.80. The quantitative estimate of drug-likeness (QED) is 0.791. The maximum absolute atomic E-state index is 12.9. The monoisotopic (exact) mass is 378 g/mol. The first-order chi connectivity index (χ1) is 12.6. The van der Waals surface area contributed by atoms with Gasteiger partial charge in [-0.05, 0) is 42.9 Å². The van der Waals surface area contributed by atoms with Gasteiger partial charge in [0.05, 0.1) is 5.92 Å². The second-order valence-electron chi connectivity index (χ2n) is 7.36. The fraction of sp³-hybridized carbons (Fsp3) is 0.600. The molecule has 26 heavy (non-hydrogen) atoms. The van der Waals surface area contributed by atoms with E-state index in [-0.39, 0.29) is 17.7 Å². The van der Waals surface area contributed by atoms with Crippen molar-refractivity contribution in [3.05, 3.63) is 34.9 Å². The van der Waals surface area contributed by atoms with E-state index >= 15 is 0 Å². The summed E-state index contributed by atoms with van der Waals surface area (Å²) >= 11 is 5.93. The maximum Gasteiger partial charge on any atom is 0.227 e. The third kappa shape index (κ3) is 4.77. The summed E-state index contributed by atoms with van der Waals surface area (Å²) in [5.41, 5.74) is 1.04. The van der Waals surface area contributed by atoms with Gasteiger partial charge >= 0.3 is 0 Å². The van der Waals surface area contributed by atoms with E-state index in [1.54, 1.807) is 7.11 Å². The molecule has 0 aliphatic carbocycles. The number of halogens is 1. The average Bonchev–Trinajstić information content (AvgIpc) is 2.66. The highest BCUT2D eigenvalue weighted by molar-refractivity contribution is 6.30. The highest BCUT2D eigenvalue weighted by Crippen LogP contribution is 2.25. The summed E-state index contributed by atoms with van der Waals surface area (Å²) in [6.07, 6.45) is 3.11. The summed E-state index contributed by atoms with van der Waals surface area (Å²) in [5.74, 6) is 0.801. The number of hydrogen-bond acceptors (Lipinski definition) is 3. The van der Waals surface area contributed by atoms with Gasteiger partial charge in [0.1, 0.15) is 0 Å². The van der Waals surface area contributed by atoms with E-state index in [1.165, 1.54) is 0 Å². The summed E-state index contributed by atoms with van der Waals surface area (Å²) in [7, 11) is 1.73. The molecule has 0 bridgehead atoms. The molecule has 1 atom stereocenters. The van der Waals surface area contributed by atoms with Crippen molar-refractivity contribution in [3.8, 4) is 0 Å². The van der Waals surface area contributed by atoms with Crippen LogP contribution in [0.2, 0.25) is 5.02 Å². The van der Waals surface area contributed by atoms with Crippen LogP contribution in [0.5, 0.6) is 0 Å². The summed E-state index contributed by atoms with van der Waals surface area (Å²) < 4.78 is 5.23. The molecule has 142 valence electrons. The van der Waals surface area contributed by atoms with Gasteiger partial charge < -0.3 is 14.5 Å². The molecule has 6 heteroatoms. The minimum atomic E-state index is -0.0843. The molecular formula is C20H27ClN2O3. The van der Waals surface area contributed by atoms with Gasteiger partial charge in [0, 0.05) is 51.3 Å². The van der Waals surface area contributed by atoms with E-state index < -0.39 is 0 Å². The normalized spacial score (nSPS) is 21.9. The van der Waals surface area contributed by atoms with E-state index in [2.05, 4.69) is 0 Å². The largest absolute Gasteiger partial charge is 0.384 e. The van der Waals surface area contributed by atoms with Crippen LogP contribution in [0.15, 0.2) is 24.3 Å². The Labute approximate surface area is 160 Å². The maximum atomic E-state index is 12.9. The first-order valence-electron chi connectivity index (χ1n) is 9.36. The molecule has 1 aromatic rings.